The number of amides is 1. The van der Waals surface area contributed by atoms with Crippen molar-refractivity contribution < 1.29 is 19.1 Å². The van der Waals surface area contributed by atoms with E-state index in [0.717, 1.165) is 11.1 Å². The lowest BCUT2D eigenvalue weighted by Crippen LogP contribution is -2.66. The Morgan fingerprint density at radius 2 is 1.62 bits per heavy atom. The van der Waals surface area contributed by atoms with Gasteiger partial charge in [0.15, 0.2) is 12.1 Å². The summed E-state index contributed by atoms with van der Waals surface area (Å²) in [4.78, 5) is 26.7. The maximum absolute atomic E-state index is 13.1. The van der Waals surface area contributed by atoms with E-state index in [2.05, 4.69) is 0 Å². The summed E-state index contributed by atoms with van der Waals surface area (Å²) in [6, 6.07) is 17.6. The van der Waals surface area contributed by atoms with Crippen LogP contribution in [0.4, 0.5) is 0 Å². The van der Waals surface area contributed by atoms with Crippen molar-refractivity contribution in [3.63, 3.8) is 0 Å². The number of halogens is 1. The average molecular weight is 417 g/mol. The predicted molar refractivity (Wildman–Crippen MR) is 112 cm³/mol. The predicted octanol–water partition coefficient (Wildman–Crippen LogP) is 2.83. The lowest BCUT2D eigenvalue weighted by atomic mass is 9.99. The van der Waals surface area contributed by atoms with Gasteiger partial charge in [-0.25, -0.2) is 4.79 Å². The number of nitrogens with two attached hydrogens (primary N) is 1. The topological polar surface area (TPSA) is 81.9 Å². The number of hydrogen-bond acceptors (Lipinski definition) is 5. The zero-order chi connectivity index (χ0) is 20.1. The number of ether oxygens (including phenoxy) is 2. The molecule has 0 aromatic heterocycles. The summed E-state index contributed by atoms with van der Waals surface area (Å²) in [6.45, 7) is 2.03. The van der Waals surface area contributed by atoms with E-state index in [4.69, 9.17) is 15.2 Å². The van der Waals surface area contributed by atoms with Crippen LogP contribution in [-0.4, -0.2) is 42.5 Å². The van der Waals surface area contributed by atoms with Crippen LogP contribution < -0.4 is 5.73 Å². The van der Waals surface area contributed by atoms with Crippen molar-refractivity contribution in [3.05, 3.63) is 83.6 Å². The molecule has 2 unspecified atom stereocenters. The molecule has 1 aliphatic heterocycles. The maximum Gasteiger partial charge on any atom is 0.334 e. The molecule has 2 aromatic carbocycles. The molecule has 0 aliphatic carbocycles. The van der Waals surface area contributed by atoms with E-state index in [9.17, 15) is 9.59 Å². The van der Waals surface area contributed by atoms with Crippen LogP contribution in [0.15, 0.2) is 72.5 Å². The SMILES string of the molecule is COC=C(C)C(C(=O)OC(c1ccccc1)c1ccccc1)N1CC(N)C1=O.Cl. The molecular weight excluding hydrogens is 392 g/mol. The van der Waals surface area contributed by atoms with Gasteiger partial charge in [-0.15, -0.1) is 12.4 Å². The first-order valence-electron chi connectivity index (χ1n) is 9.09. The van der Waals surface area contributed by atoms with Crippen LogP contribution in [0, 0.1) is 0 Å². The first-order valence-corrected chi connectivity index (χ1v) is 9.09. The molecule has 29 heavy (non-hydrogen) atoms. The minimum Gasteiger partial charge on any atom is -0.504 e. The molecule has 7 heteroatoms. The van der Waals surface area contributed by atoms with Crippen molar-refractivity contribution in [2.45, 2.75) is 25.1 Å². The second kappa shape index (κ2) is 10.1. The Bertz CT molecular complexity index is 818. The Kier molecular flexibility index (Phi) is 7.82. The van der Waals surface area contributed by atoms with Crippen molar-refractivity contribution in [2.75, 3.05) is 13.7 Å². The highest BCUT2D eigenvalue weighted by atomic mass is 35.5. The first-order chi connectivity index (χ1) is 13.5. The molecule has 1 fully saturated rings. The molecule has 1 aliphatic rings. The largest absolute Gasteiger partial charge is 0.504 e. The highest BCUT2D eigenvalue weighted by Gasteiger charge is 2.43. The van der Waals surface area contributed by atoms with E-state index >= 15 is 0 Å². The van der Waals surface area contributed by atoms with Crippen molar-refractivity contribution in [2.24, 2.45) is 5.73 Å². The molecule has 2 N–H and O–H groups in total. The Hall–Kier alpha value is -2.83. The van der Waals surface area contributed by atoms with E-state index in [1.165, 1.54) is 18.3 Å². The highest BCUT2D eigenvalue weighted by molar-refractivity contribution is 5.93. The second-order valence-electron chi connectivity index (χ2n) is 6.74. The van der Waals surface area contributed by atoms with E-state index < -0.39 is 24.2 Å². The summed E-state index contributed by atoms with van der Waals surface area (Å²) in [6.07, 6.45) is 0.862. The molecule has 1 heterocycles. The van der Waals surface area contributed by atoms with Gasteiger partial charge in [-0.2, -0.15) is 0 Å². The minimum absolute atomic E-state index is 0. The van der Waals surface area contributed by atoms with Crippen molar-refractivity contribution in [1.82, 2.24) is 4.90 Å². The van der Waals surface area contributed by atoms with E-state index in [-0.39, 0.29) is 18.3 Å². The number of likely N-dealkylation sites (tertiary alicyclic amines) is 1. The van der Waals surface area contributed by atoms with Gasteiger partial charge in [-0.05, 0) is 23.6 Å². The van der Waals surface area contributed by atoms with E-state index in [1.54, 1.807) is 6.92 Å². The number of methoxy groups -OCH3 is 1. The number of hydrogen-bond donors (Lipinski definition) is 1. The fourth-order valence-corrected chi connectivity index (χ4v) is 3.29. The summed E-state index contributed by atoms with van der Waals surface area (Å²) in [7, 11) is 1.49. The monoisotopic (exact) mass is 416 g/mol. The number of β-lactam (4-membered cyclic amide) rings is 1. The Labute approximate surface area is 176 Å². The third-order valence-corrected chi connectivity index (χ3v) is 4.70. The molecule has 0 spiro atoms. The Balaban J connectivity index is 0.00000300. The molecule has 0 saturated carbocycles. The van der Waals surface area contributed by atoms with E-state index in [1.807, 2.05) is 60.7 Å². The van der Waals surface area contributed by atoms with Crippen molar-refractivity contribution >= 4 is 24.3 Å². The molecule has 154 valence electrons. The van der Waals surface area contributed by atoms with Gasteiger partial charge in [0.2, 0.25) is 5.91 Å². The second-order valence-corrected chi connectivity index (χ2v) is 6.74. The zero-order valence-electron chi connectivity index (χ0n) is 16.4. The van der Waals surface area contributed by atoms with Gasteiger partial charge in [0.05, 0.1) is 13.4 Å². The number of esters is 1. The van der Waals surface area contributed by atoms with Crippen LogP contribution in [0.3, 0.4) is 0 Å². The van der Waals surface area contributed by atoms with Crippen LogP contribution in [0.5, 0.6) is 0 Å². The number of carbonyl (C=O) groups excluding carboxylic acids is 2. The lowest BCUT2D eigenvalue weighted by molar-refractivity contribution is -0.162. The fourth-order valence-electron chi connectivity index (χ4n) is 3.29. The number of carbonyl (C=O) groups is 2. The zero-order valence-corrected chi connectivity index (χ0v) is 17.2. The van der Waals surface area contributed by atoms with Gasteiger partial charge in [-0.3, -0.25) is 4.79 Å². The van der Waals surface area contributed by atoms with E-state index in [0.29, 0.717) is 12.1 Å². The number of rotatable bonds is 7. The van der Waals surface area contributed by atoms with Crippen molar-refractivity contribution in [1.29, 1.82) is 0 Å². The standard InChI is InChI=1S/C22H24N2O4.ClH/c1-15(14-27-2)19(24-13-18(23)21(24)25)22(26)28-20(16-9-5-3-6-10-16)17-11-7-4-8-12-17;/h3-12,14,18-20H,13,23H2,1-2H3;1H. The summed E-state index contributed by atoms with van der Waals surface area (Å²) >= 11 is 0. The molecular formula is C22H25ClN2O4. The fraction of sp³-hybridized carbons (Fsp3) is 0.273. The van der Waals surface area contributed by atoms with Gasteiger partial charge >= 0.3 is 5.97 Å². The molecule has 0 radical (unpaired) electrons. The quantitative estimate of drug-likeness (QED) is 0.426. The van der Waals surface area contributed by atoms with Crippen LogP contribution in [-0.2, 0) is 19.1 Å². The molecule has 6 nitrogen and oxygen atoms in total. The summed E-state index contributed by atoms with van der Waals surface area (Å²) < 4.78 is 11.0. The average Bonchev–Trinajstić information content (AvgIpc) is 2.73. The van der Waals surface area contributed by atoms with Gasteiger partial charge in [0, 0.05) is 6.54 Å². The third-order valence-electron chi connectivity index (χ3n) is 4.70. The summed E-state index contributed by atoms with van der Waals surface area (Å²) in [5, 5.41) is 0. The highest BCUT2D eigenvalue weighted by Crippen LogP contribution is 2.29. The smallest absolute Gasteiger partial charge is 0.334 e. The Morgan fingerprint density at radius 3 is 2.03 bits per heavy atom. The summed E-state index contributed by atoms with van der Waals surface area (Å²) in [5.74, 6) is -0.800. The normalized spacial score (nSPS) is 17.2. The molecule has 1 saturated heterocycles. The number of benzene rings is 2. The molecule has 2 atom stereocenters. The van der Waals surface area contributed by atoms with Crippen LogP contribution in [0.25, 0.3) is 0 Å². The van der Waals surface area contributed by atoms with Gasteiger partial charge < -0.3 is 20.1 Å². The van der Waals surface area contributed by atoms with Crippen molar-refractivity contribution in [3.8, 4) is 0 Å². The minimum atomic E-state index is -0.873. The van der Waals surface area contributed by atoms with Crippen LogP contribution in [0.1, 0.15) is 24.2 Å². The van der Waals surface area contributed by atoms with Crippen LogP contribution >= 0.6 is 12.4 Å². The summed E-state index contributed by atoms with van der Waals surface area (Å²) in [5.41, 5.74) is 7.99. The van der Waals surface area contributed by atoms with Crippen LogP contribution in [0.2, 0.25) is 0 Å². The third kappa shape index (κ3) is 4.96. The Morgan fingerprint density at radius 1 is 1.10 bits per heavy atom. The molecule has 2 aromatic rings. The van der Waals surface area contributed by atoms with Gasteiger partial charge in [0.25, 0.3) is 0 Å². The van der Waals surface area contributed by atoms with Gasteiger partial charge in [-0.1, -0.05) is 60.7 Å². The lowest BCUT2D eigenvalue weighted by Gasteiger charge is -2.41. The number of nitrogens with zero attached hydrogens (tertiary/aromatic N) is 1. The molecule has 3 rings (SSSR count). The molecule has 0 bridgehead atoms. The maximum atomic E-state index is 13.1. The van der Waals surface area contributed by atoms with Gasteiger partial charge in [0.1, 0.15) is 6.04 Å². The molecule has 1 amide bonds. The first kappa shape index (κ1) is 22.5.